The molecule has 0 aliphatic carbocycles. The van der Waals surface area contributed by atoms with E-state index >= 15 is 0 Å². The fourth-order valence-electron chi connectivity index (χ4n) is 1.85. The summed E-state index contributed by atoms with van der Waals surface area (Å²) in [5.41, 5.74) is 9.81. The second kappa shape index (κ2) is 6.06. The summed E-state index contributed by atoms with van der Waals surface area (Å²) >= 11 is 0. The maximum Gasteiger partial charge on any atom is 0.122 e. The Hall–Kier alpha value is -1.02. The zero-order chi connectivity index (χ0) is 13.0. The Kier molecular flexibility index (Phi) is 5.01. The van der Waals surface area contributed by atoms with Crippen LogP contribution in [0.15, 0.2) is 12.1 Å². The van der Waals surface area contributed by atoms with Gasteiger partial charge in [-0.1, -0.05) is 26.8 Å². The number of benzene rings is 1. The quantitative estimate of drug-likeness (QED) is 0.843. The van der Waals surface area contributed by atoms with Crippen LogP contribution in [0, 0.1) is 19.8 Å². The fourth-order valence-corrected chi connectivity index (χ4v) is 1.85. The average Bonchev–Trinajstić information content (AvgIpc) is 2.30. The molecule has 2 N–H and O–H groups in total. The van der Waals surface area contributed by atoms with Gasteiger partial charge in [-0.3, -0.25) is 0 Å². The molecule has 1 aromatic carbocycles. The minimum atomic E-state index is 0.132. The van der Waals surface area contributed by atoms with Crippen molar-refractivity contribution in [1.82, 2.24) is 0 Å². The molecule has 0 heterocycles. The lowest BCUT2D eigenvalue weighted by atomic mass is 9.96. The van der Waals surface area contributed by atoms with Crippen molar-refractivity contribution in [3.63, 3.8) is 0 Å². The van der Waals surface area contributed by atoms with Gasteiger partial charge in [-0.2, -0.15) is 0 Å². The average molecular weight is 235 g/mol. The predicted octanol–water partition coefficient (Wildman–Crippen LogP) is 3.75. The Balaban J connectivity index is 2.94. The van der Waals surface area contributed by atoms with E-state index in [2.05, 4.69) is 46.8 Å². The first-order chi connectivity index (χ1) is 7.97. The van der Waals surface area contributed by atoms with Gasteiger partial charge in [0.05, 0.1) is 6.61 Å². The molecule has 0 fully saturated rings. The standard InChI is InChI=1S/C15H25NO/c1-6-14(16)13-7-8-15(12(5)11(13)4)17-9-10(2)3/h7-8,10,14H,6,9,16H2,1-5H3. The van der Waals surface area contributed by atoms with Crippen LogP contribution < -0.4 is 10.5 Å². The minimum absolute atomic E-state index is 0.132. The normalized spacial score (nSPS) is 12.9. The molecular formula is C15H25NO. The lowest BCUT2D eigenvalue weighted by Crippen LogP contribution is -2.12. The van der Waals surface area contributed by atoms with Crippen LogP contribution in [0.5, 0.6) is 5.75 Å². The third kappa shape index (κ3) is 3.47. The summed E-state index contributed by atoms with van der Waals surface area (Å²) in [6.45, 7) is 11.4. The first-order valence-corrected chi connectivity index (χ1v) is 6.45. The minimum Gasteiger partial charge on any atom is -0.493 e. The summed E-state index contributed by atoms with van der Waals surface area (Å²) < 4.78 is 5.81. The Morgan fingerprint density at radius 2 is 1.82 bits per heavy atom. The Morgan fingerprint density at radius 3 is 2.35 bits per heavy atom. The third-order valence-electron chi connectivity index (χ3n) is 3.19. The molecular weight excluding hydrogens is 210 g/mol. The number of hydrogen-bond acceptors (Lipinski definition) is 2. The zero-order valence-electron chi connectivity index (χ0n) is 11.7. The first kappa shape index (κ1) is 14.0. The van der Waals surface area contributed by atoms with E-state index in [0.717, 1.165) is 18.8 Å². The van der Waals surface area contributed by atoms with Gasteiger partial charge in [0.15, 0.2) is 0 Å². The van der Waals surface area contributed by atoms with Gasteiger partial charge in [0.1, 0.15) is 5.75 Å². The smallest absolute Gasteiger partial charge is 0.122 e. The van der Waals surface area contributed by atoms with Crippen molar-refractivity contribution < 1.29 is 4.74 Å². The van der Waals surface area contributed by atoms with Crippen molar-refractivity contribution in [3.05, 3.63) is 28.8 Å². The molecule has 0 saturated heterocycles. The summed E-state index contributed by atoms with van der Waals surface area (Å²) in [7, 11) is 0. The van der Waals surface area contributed by atoms with E-state index < -0.39 is 0 Å². The van der Waals surface area contributed by atoms with Gasteiger partial charge in [-0.15, -0.1) is 0 Å². The van der Waals surface area contributed by atoms with Crippen molar-refractivity contribution in [2.75, 3.05) is 6.61 Å². The zero-order valence-corrected chi connectivity index (χ0v) is 11.7. The van der Waals surface area contributed by atoms with Gasteiger partial charge in [-0.05, 0) is 48.9 Å². The summed E-state index contributed by atoms with van der Waals surface area (Å²) in [6, 6.07) is 4.29. The van der Waals surface area contributed by atoms with E-state index in [1.54, 1.807) is 0 Å². The molecule has 0 bridgehead atoms. The summed E-state index contributed by atoms with van der Waals surface area (Å²) in [5, 5.41) is 0. The predicted molar refractivity (Wildman–Crippen MR) is 73.5 cm³/mol. The maximum absolute atomic E-state index is 6.10. The summed E-state index contributed by atoms with van der Waals surface area (Å²) in [4.78, 5) is 0. The molecule has 1 atom stereocenters. The Bertz CT molecular complexity index is 371. The van der Waals surface area contributed by atoms with Gasteiger partial charge in [0.2, 0.25) is 0 Å². The Morgan fingerprint density at radius 1 is 1.18 bits per heavy atom. The topological polar surface area (TPSA) is 35.2 Å². The molecule has 1 unspecified atom stereocenters. The third-order valence-corrected chi connectivity index (χ3v) is 3.19. The molecule has 0 amide bonds. The SMILES string of the molecule is CCC(N)c1ccc(OCC(C)C)c(C)c1C. The molecule has 0 spiro atoms. The highest BCUT2D eigenvalue weighted by Gasteiger charge is 2.12. The van der Waals surface area contributed by atoms with Gasteiger partial charge >= 0.3 is 0 Å². The lowest BCUT2D eigenvalue weighted by Gasteiger charge is -2.18. The largest absolute Gasteiger partial charge is 0.493 e. The van der Waals surface area contributed by atoms with E-state index in [1.807, 2.05) is 0 Å². The monoisotopic (exact) mass is 235 g/mol. The van der Waals surface area contributed by atoms with Gasteiger partial charge in [0, 0.05) is 6.04 Å². The molecule has 1 aromatic rings. The number of rotatable bonds is 5. The highest BCUT2D eigenvalue weighted by Crippen LogP contribution is 2.28. The van der Waals surface area contributed by atoms with Crippen LogP contribution in [0.3, 0.4) is 0 Å². The highest BCUT2D eigenvalue weighted by molar-refractivity contribution is 5.44. The number of hydrogen-bond donors (Lipinski definition) is 1. The van der Waals surface area contributed by atoms with Crippen molar-refractivity contribution >= 4 is 0 Å². The van der Waals surface area contributed by atoms with E-state index in [9.17, 15) is 0 Å². The van der Waals surface area contributed by atoms with Crippen LogP contribution in [0.2, 0.25) is 0 Å². The van der Waals surface area contributed by atoms with E-state index in [0.29, 0.717) is 5.92 Å². The lowest BCUT2D eigenvalue weighted by molar-refractivity contribution is 0.269. The van der Waals surface area contributed by atoms with Gasteiger partial charge < -0.3 is 10.5 Å². The van der Waals surface area contributed by atoms with Crippen LogP contribution in [-0.2, 0) is 0 Å². The number of ether oxygens (including phenoxy) is 1. The second-order valence-corrected chi connectivity index (χ2v) is 5.12. The van der Waals surface area contributed by atoms with Gasteiger partial charge in [-0.25, -0.2) is 0 Å². The fraction of sp³-hybridized carbons (Fsp3) is 0.600. The molecule has 0 radical (unpaired) electrons. The van der Waals surface area contributed by atoms with Crippen LogP contribution in [0.25, 0.3) is 0 Å². The van der Waals surface area contributed by atoms with Crippen LogP contribution in [-0.4, -0.2) is 6.61 Å². The van der Waals surface area contributed by atoms with Crippen LogP contribution >= 0.6 is 0 Å². The second-order valence-electron chi connectivity index (χ2n) is 5.12. The van der Waals surface area contributed by atoms with E-state index in [4.69, 9.17) is 10.5 Å². The summed E-state index contributed by atoms with van der Waals surface area (Å²) in [6.07, 6.45) is 0.965. The number of nitrogens with two attached hydrogens (primary N) is 1. The molecule has 96 valence electrons. The van der Waals surface area contributed by atoms with Crippen molar-refractivity contribution in [3.8, 4) is 5.75 Å². The Labute approximate surface area is 105 Å². The maximum atomic E-state index is 6.10. The highest BCUT2D eigenvalue weighted by atomic mass is 16.5. The van der Waals surface area contributed by atoms with Gasteiger partial charge in [0.25, 0.3) is 0 Å². The molecule has 0 saturated carbocycles. The molecule has 1 rings (SSSR count). The molecule has 2 heteroatoms. The first-order valence-electron chi connectivity index (χ1n) is 6.45. The van der Waals surface area contributed by atoms with Crippen molar-refractivity contribution in [1.29, 1.82) is 0 Å². The van der Waals surface area contributed by atoms with E-state index in [1.165, 1.54) is 16.7 Å². The molecule has 2 nitrogen and oxygen atoms in total. The summed E-state index contributed by atoms with van der Waals surface area (Å²) in [5.74, 6) is 1.54. The van der Waals surface area contributed by atoms with Crippen LogP contribution in [0.1, 0.15) is 49.9 Å². The molecule has 0 aromatic heterocycles. The molecule has 0 aliphatic rings. The van der Waals surface area contributed by atoms with Crippen molar-refractivity contribution in [2.45, 2.75) is 47.1 Å². The van der Waals surface area contributed by atoms with Crippen LogP contribution in [0.4, 0.5) is 0 Å². The van der Waals surface area contributed by atoms with Crippen molar-refractivity contribution in [2.24, 2.45) is 11.7 Å². The van der Waals surface area contributed by atoms with E-state index in [-0.39, 0.29) is 6.04 Å². The molecule has 0 aliphatic heterocycles. The molecule has 17 heavy (non-hydrogen) atoms.